The molecule has 0 fully saturated rings. The topological polar surface area (TPSA) is 101 Å². The zero-order valence-electron chi connectivity index (χ0n) is 12.1. The van der Waals surface area contributed by atoms with Crippen LogP contribution in [0.1, 0.15) is 10.4 Å². The molecule has 0 saturated carbocycles. The lowest BCUT2D eigenvalue weighted by Gasteiger charge is -2.14. The first-order valence-corrected chi connectivity index (χ1v) is 7.77. The van der Waals surface area contributed by atoms with Crippen molar-refractivity contribution in [3.8, 4) is 0 Å². The Morgan fingerprint density at radius 1 is 1.39 bits per heavy atom. The first-order chi connectivity index (χ1) is 10.2. The van der Waals surface area contributed by atoms with Crippen LogP contribution in [0.5, 0.6) is 0 Å². The van der Waals surface area contributed by atoms with Gasteiger partial charge >= 0.3 is 0 Å². The van der Waals surface area contributed by atoms with E-state index >= 15 is 0 Å². The lowest BCUT2D eigenvalue weighted by atomic mass is 10.2. The predicted octanol–water partition coefficient (Wildman–Crippen LogP) is 0.897. The van der Waals surface area contributed by atoms with Crippen molar-refractivity contribution in [3.63, 3.8) is 0 Å². The minimum Gasteiger partial charge on any atom is -0.346 e. The van der Waals surface area contributed by atoms with Crippen LogP contribution in [0.2, 0.25) is 0 Å². The standard InChI is InChI=1S/C13H17F2N3O3S.ClH/c1-2-6-18-22(20,21)11-5-3-4-10(7-11)12(19)17-9-13(14,15)8-16;/h2-5,7,18H,1,6,8-9,16H2,(H,17,19);1H. The number of hydrogen-bond donors (Lipinski definition) is 3. The van der Waals surface area contributed by atoms with E-state index in [0.717, 1.165) is 6.07 Å². The van der Waals surface area contributed by atoms with E-state index in [1.807, 2.05) is 5.32 Å². The number of nitrogens with two attached hydrogens (primary N) is 1. The molecule has 0 aromatic heterocycles. The molecule has 10 heteroatoms. The molecule has 4 N–H and O–H groups in total. The van der Waals surface area contributed by atoms with Gasteiger partial charge in [0.05, 0.1) is 18.0 Å². The molecule has 130 valence electrons. The molecule has 0 bridgehead atoms. The summed E-state index contributed by atoms with van der Waals surface area (Å²) in [7, 11) is -3.80. The van der Waals surface area contributed by atoms with Gasteiger partial charge < -0.3 is 11.1 Å². The molecule has 1 aromatic rings. The maximum atomic E-state index is 13.0. The van der Waals surface area contributed by atoms with Crippen LogP contribution in [0.15, 0.2) is 41.8 Å². The van der Waals surface area contributed by atoms with Crippen molar-refractivity contribution in [2.24, 2.45) is 5.73 Å². The molecule has 1 aromatic carbocycles. The van der Waals surface area contributed by atoms with Gasteiger partial charge in [0.25, 0.3) is 11.8 Å². The van der Waals surface area contributed by atoms with Gasteiger partial charge in [0.15, 0.2) is 0 Å². The molecule has 0 aliphatic heterocycles. The molecule has 6 nitrogen and oxygen atoms in total. The highest BCUT2D eigenvalue weighted by atomic mass is 35.5. The van der Waals surface area contributed by atoms with Gasteiger partial charge in [-0.25, -0.2) is 21.9 Å². The Morgan fingerprint density at radius 2 is 2.04 bits per heavy atom. The zero-order valence-corrected chi connectivity index (χ0v) is 13.7. The van der Waals surface area contributed by atoms with Gasteiger partial charge in [0.1, 0.15) is 0 Å². The normalized spacial score (nSPS) is 11.4. The summed E-state index contributed by atoms with van der Waals surface area (Å²) in [6, 6.07) is 5.05. The van der Waals surface area contributed by atoms with E-state index in [-0.39, 0.29) is 29.4 Å². The first-order valence-electron chi connectivity index (χ1n) is 6.28. The average molecular weight is 370 g/mol. The highest BCUT2D eigenvalue weighted by molar-refractivity contribution is 7.89. The Kier molecular flexibility index (Phi) is 8.32. The highest BCUT2D eigenvalue weighted by Crippen LogP contribution is 2.13. The number of amides is 1. The number of rotatable bonds is 8. The molecule has 0 heterocycles. The average Bonchev–Trinajstić information content (AvgIpc) is 2.51. The molecule has 0 unspecified atom stereocenters. The Hall–Kier alpha value is -1.55. The lowest BCUT2D eigenvalue weighted by molar-refractivity contribution is 0.0118. The summed E-state index contributed by atoms with van der Waals surface area (Å²) in [6.07, 6.45) is 1.36. The van der Waals surface area contributed by atoms with Crippen molar-refractivity contribution in [1.29, 1.82) is 0 Å². The monoisotopic (exact) mass is 369 g/mol. The maximum Gasteiger partial charge on any atom is 0.277 e. The predicted molar refractivity (Wildman–Crippen MR) is 85.4 cm³/mol. The van der Waals surface area contributed by atoms with Crippen LogP contribution in [0, 0.1) is 0 Å². The van der Waals surface area contributed by atoms with Crippen LogP contribution in [0.25, 0.3) is 0 Å². The Balaban J connectivity index is 0.00000484. The van der Waals surface area contributed by atoms with Gasteiger partial charge in [-0.05, 0) is 18.2 Å². The fraction of sp³-hybridized carbons (Fsp3) is 0.308. The van der Waals surface area contributed by atoms with E-state index in [1.54, 1.807) is 0 Å². The van der Waals surface area contributed by atoms with Crippen molar-refractivity contribution in [2.45, 2.75) is 10.8 Å². The third-order valence-electron chi connectivity index (χ3n) is 2.63. The maximum absolute atomic E-state index is 13.0. The number of carbonyl (C=O) groups is 1. The van der Waals surface area contributed by atoms with E-state index in [1.165, 1.54) is 24.3 Å². The summed E-state index contributed by atoms with van der Waals surface area (Å²) in [5.74, 6) is -4.03. The number of nitrogens with one attached hydrogen (secondary N) is 2. The third-order valence-corrected chi connectivity index (χ3v) is 4.05. The quantitative estimate of drug-likeness (QED) is 0.592. The van der Waals surface area contributed by atoms with Crippen molar-refractivity contribution >= 4 is 28.3 Å². The lowest BCUT2D eigenvalue weighted by Crippen LogP contribution is -2.41. The van der Waals surface area contributed by atoms with E-state index in [9.17, 15) is 22.0 Å². The molecule has 23 heavy (non-hydrogen) atoms. The molecule has 0 aliphatic rings. The molecule has 0 atom stereocenters. The van der Waals surface area contributed by atoms with Crippen LogP contribution in [-0.4, -0.2) is 39.9 Å². The fourth-order valence-electron chi connectivity index (χ4n) is 1.44. The van der Waals surface area contributed by atoms with Gasteiger partial charge in [-0.2, -0.15) is 0 Å². The third kappa shape index (κ3) is 6.61. The number of sulfonamides is 1. The van der Waals surface area contributed by atoms with Gasteiger partial charge in [-0.15, -0.1) is 19.0 Å². The van der Waals surface area contributed by atoms with Gasteiger partial charge in [0, 0.05) is 12.1 Å². The number of hydrogen-bond acceptors (Lipinski definition) is 4. The summed E-state index contributed by atoms with van der Waals surface area (Å²) in [5, 5.41) is 2.01. The number of halogens is 3. The van der Waals surface area contributed by atoms with Crippen LogP contribution in [-0.2, 0) is 10.0 Å². The van der Waals surface area contributed by atoms with Crippen molar-refractivity contribution in [1.82, 2.24) is 10.0 Å². The molecule has 1 amide bonds. The smallest absolute Gasteiger partial charge is 0.277 e. The first kappa shape index (κ1) is 21.4. The summed E-state index contributed by atoms with van der Waals surface area (Å²) in [5.41, 5.74) is 4.82. The largest absolute Gasteiger partial charge is 0.346 e. The minimum atomic E-state index is -3.80. The number of benzene rings is 1. The summed E-state index contributed by atoms with van der Waals surface area (Å²) < 4.78 is 52.0. The van der Waals surface area contributed by atoms with Crippen LogP contribution < -0.4 is 15.8 Å². The SMILES string of the molecule is C=CCNS(=O)(=O)c1cccc(C(=O)NCC(F)(F)CN)c1.Cl. The molecule has 0 spiro atoms. The second kappa shape index (κ2) is 8.92. The Labute approximate surface area is 139 Å². The van der Waals surface area contributed by atoms with E-state index in [0.29, 0.717) is 0 Å². The zero-order chi connectivity index (χ0) is 16.8. The molecule has 1 rings (SSSR count). The molecular weight excluding hydrogens is 352 g/mol. The fourth-order valence-corrected chi connectivity index (χ4v) is 2.48. The second-order valence-corrected chi connectivity index (χ2v) is 6.18. The van der Waals surface area contributed by atoms with Crippen LogP contribution in [0.3, 0.4) is 0 Å². The molecule has 0 aliphatic carbocycles. The van der Waals surface area contributed by atoms with E-state index in [2.05, 4.69) is 11.3 Å². The Bertz CT molecular complexity index is 654. The summed E-state index contributed by atoms with van der Waals surface area (Å²) >= 11 is 0. The van der Waals surface area contributed by atoms with Gasteiger partial charge in [-0.1, -0.05) is 12.1 Å². The van der Waals surface area contributed by atoms with E-state index in [4.69, 9.17) is 5.73 Å². The second-order valence-electron chi connectivity index (χ2n) is 4.41. The summed E-state index contributed by atoms with van der Waals surface area (Å²) in [6.45, 7) is 1.60. The highest BCUT2D eigenvalue weighted by Gasteiger charge is 2.27. The van der Waals surface area contributed by atoms with Gasteiger partial charge in [0.2, 0.25) is 10.0 Å². The van der Waals surface area contributed by atoms with Crippen molar-refractivity contribution in [3.05, 3.63) is 42.5 Å². The number of alkyl halides is 2. The Morgan fingerprint density at radius 3 is 2.61 bits per heavy atom. The molecular formula is C13H18ClF2N3O3S. The van der Waals surface area contributed by atoms with Crippen LogP contribution >= 0.6 is 12.4 Å². The van der Waals surface area contributed by atoms with Crippen molar-refractivity contribution in [2.75, 3.05) is 19.6 Å². The van der Waals surface area contributed by atoms with Crippen molar-refractivity contribution < 1.29 is 22.0 Å². The van der Waals surface area contributed by atoms with E-state index < -0.39 is 34.9 Å². The van der Waals surface area contributed by atoms with Gasteiger partial charge in [-0.3, -0.25) is 4.79 Å². The molecule has 0 radical (unpaired) electrons. The number of carbonyl (C=O) groups excluding carboxylic acids is 1. The molecule has 0 saturated heterocycles. The summed E-state index contributed by atoms with van der Waals surface area (Å²) in [4.78, 5) is 11.6. The van der Waals surface area contributed by atoms with Crippen LogP contribution in [0.4, 0.5) is 8.78 Å². The minimum absolute atomic E-state index is 0.